The first kappa shape index (κ1) is 15.0. The summed E-state index contributed by atoms with van der Waals surface area (Å²) in [5.74, 6) is 0.279. The van der Waals surface area contributed by atoms with E-state index < -0.39 is 17.6 Å². The fourth-order valence-electron chi connectivity index (χ4n) is 2.15. The molecule has 1 aliphatic rings. The third-order valence-corrected chi connectivity index (χ3v) is 3.01. The van der Waals surface area contributed by atoms with Gasteiger partial charge in [-0.2, -0.15) is 0 Å². The van der Waals surface area contributed by atoms with Crippen molar-refractivity contribution >= 4 is 28.7 Å². The van der Waals surface area contributed by atoms with Crippen LogP contribution in [0, 0.1) is 0 Å². The second kappa shape index (κ2) is 5.38. The van der Waals surface area contributed by atoms with Gasteiger partial charge in [0.1, 0.15) is 5.60 Å². The van der Waals surface area contributed by atoms with E-state index in [1.165, 1.54) is 0 Å². The molecule has 118 valence electrons. The number of nitrogens with zero attached hydrogens (tertiary/aromatic N) is 4. The minimum Gasteiger partial charge on any atom is -0.444 e. The van der Waals surface area contributed by atoms with Crippen LogP contribution < -0.4 is 5.32 Å². The molecule has 1 aromatic heterocycles. The number of carbonyl (C=O) groups excluding carboxylic acids is 2. The lowest BCUT2D eigenvalue weighted by Crippen LogP contribution is -2.32. The molecule has 2 heterocycles. The van der Waals surface area contributed by atoms with Gasteiger partial charge in [-0.05, 0) is 32.9 Å². The van der Waals surface area contributed by atoms with Gasteiger partial charge in [-0.25, -0.2) is 14.8 Å². The first-order chi connectivity index (χ1) is 10.8. The number of azo groups is 1. The van der Waals surface area contributed by atoms with Crippen molar-refractivity contribution in [2.45, 2.75) is 32.9 Å². The van der Waals surface area contributed by atoms with Gasteiger partial charge >= 0.3 is 6.09 Å². The Labute approximate surface area is 132 Å². The van der Waals surface area contributed by atoms with E-state index in [2.05, 4.69) is 25.5 Å². The minimum absolute atomic E-state index is 0.0888. The Hall–Kier alpha value is -2.90. The second-order valence-electron chi connectivity index (χ2n) is 6.02. The molecule has 3 rings (SSSR count). The summed E-state index contributed by atoms with van der Waals surface area (Å²) in [6, 6.07) is 5.14. The zero-order chi connectivity index (χ0) is 16.6. The van der Waals surface area contributed by atoms with E-state index in [0.717, 1.165) is 0 Å². The summed E-state index contributed by atoms with van der Waals surface area (Å²) in [7, 11) is 0. The Morgan fingerprint density at radius 1 is 1.22 bits per heavy atom. The number of nitrogens with one attached hydrogen (secondary N) is 1. The molecule has 2 amide bonds. The zero-order valence-electron chi connectivity index (χ0n) is 13.0. The topological polar surface area (TPSA) is 106 Å². The van der Waals surface area contributed by atoms with Gasteiger partial charge in [0.25, 0.3) is 5.91 Å². The summed E-state index contributed by atoms with van der Waals surface area (Å²) in [6.45, 7) is 5.43. The maximum atomic E-state index is 11.7. The predicted molar refractivity (Wildman–Crippen MR) is 81.5 cm³/mol. The molecule has 23 heavy (non-hydrogen) atoms. The zero-order valence-corrected chi connectivity index (χ0v) is 13.0. The van der Waals surface area contributed by atoms with E-state index in [-0.39, 0.29) is 6.54 Å². The quantitative estimate of drug-likeness (QED) is 0.917. The van der Waals surface area contributed by atoms with Crippen molar-refractivity contribution in [3.63, 3.8) is 0 Å². The third-order valence-electron chi connectivity index (χ3n) is 3.01. The molecule has 0 fully saturated rings. The molecule has 0 radical (unpaired) electrons. The summed E-state index contributed by atoms with van der Waals surface area (Å²) in [5.41, 5.74) is 0.434. The van der Waals surface area contributed by atoms with Gasteiger partial charge in [-0.1, -0.05) is 6.07 Å². The van der Waals surface area contributed by atoms with Crippen molar-refractivity contribution in [1.82, 2.24) is 15.3 Å². The SMILES string of the molecule is CC(C)(C)OC(=O)NCc1nc2c3c(cccc3n1)C(=O)N=N2. The average Bonchev–Trinajstić information content (AvgIpc) is 2.47. The third kappa shape index (κ3) is 3.15. The van der Waals surface area contributed by atoms with Crippen molar-refractivity contribution in [1.29, 1.82) is 0 Å². The lowest BCUT2D eigenvalue weighted by Gasteiger charge is -2.19. The predicted octanol–water partition coefficient (Wildman–Crippen LogP) is 2.89. The van der Waals surface area contributed by atoms with E-state index in [1.807, 2.05) is 0 Å². The van der Waals surface area contributed by atoms with Crippen LogP contribution in [0.2, 0.25) is 0 Å². The lowest BCUT2D eigenvalue weighted by molar-refractivity contribution is 0.0522. The number of hydrogen-bond donors (Lipinski definition) is 1. The van der Waals surface area contributed by atoms with Crippen molar-refractivity contribution in [2.24, 2.45) is 10.2 Å². The van der Waals surface area contributed by atoms with Crippen LogP contribution >= 0.6 is 0 Å². The van der Waals surface area contributed by atoms with Gasteiger partial charge in [0.2, 0.25) is 0 Å². The number of alkyl carbamates (subject to hydrolysis) is 1. The molecule has 0 unspecified atom stereocenters. The largest absolute Gasteiger partial charge is 0.444 e. The fraction of sp³-hybridized carbons (Fsp3) is 0.333. The molecule has 1 N–H and O–H groups in total. The van der Waals surface area contributed by atoms with E-state index in [9.17, 15) is 9.59 Å². The summed E-state index contributed by atoms with van der Waals surface area (Å²) >= 11 is 0. The van der Waals surface area contributed by atoms with Gasteiger partial charge in [0.05, 0.1) is 23.0 Å². The number of ether oxygens (including phenoxy) is 1. The average molecular weight is 313 g/mol. The van der Waals surface area contributed by atoms with E-state index in [4.69, 9.17) is 4.74 Å². The van der Waals surface area contributed by atoms with Gasteiger partial charge < -0.3 is 10.1 Å². The van der Waals surface area contributed by atoms with E-state index >= 15 is 0 Å². The Morgan fingerprint density at radius 2 is 2.00 bits per heavy atom. The van der Waals surface area contributed by atoms with Gasteiger partial charge in [-0.3, -0.25) is 4.79 Å². The van der Waals surface area contributed by atoms with Crippen LogP contribution in [0.1, 0.15) is 37.0 Å². The summed E-state index contributed by atoms with van der Waals surface area (Å²) < 4.78 is 5.16. The molecule has 0 saturated carbocycles. The smallest absolute Gasteiger partial charge is 0.408 e. The molecule has 8 heteroatoms. The highest BCUT2D eigenvalue weighted by atomic mass is 16.6. The molecule has 0 aliphatic carbocycles. The number of rotatable bonds is 2. The minimum atomic E-state index is -0.580. The highest BCUT2D eigenvalue weighted by Gasteiger charge is 2.21. The molecule has 2 aromatic rings. The first-order valence-electron chi connectivity index (χ1n) is 7.06. The van der Waals surface area contributed by atoms with Crippen molar-refractivity contribution < 1.29 is 14.3 Å². The Balaban J connectivity index is 1.86. The molecule has 1 aromatic carbocycles. The second-order valence-corrected chi connectivity index (χ2v) is 6.02. The van der Waals surface area contributed by atoms with Crippen LogP contribution in [0.4, 0.5) is 10.6 Å². The molecule has 0 saturated heterocycles. The summed E-state index contributed by atoms with van der Waals surface area (Å²) in [6.07, 6.45) is -0.555. The van der Waals surface area contributed by atoms with E-state index in [0.29, 0.717) is 28.1 Å². The van der Waals surface area contributed by atoms with Gasteiger partial charge in [0, 0.05) is 0 Å². The molecule has 1 aliphatic heterocycles. The molecule has 8 nitrogen and oxygen atoms in total. The van der Waals surface area contributed by atoms with Crippen molar-refractivity contribution in [3.8, 4) is 0 Å². The van der Waals surface area contributed by atoms with Crippen LogP contribution in [-0.4, -0.2) is 27.6 Å². The number of benzene rings is 1. The maximum Gasteiger partial charge on any atom is 0.408 e. The van der Waals surface area contributed by atoms with Crippen LogP contribution in [0.3, 0.4) is 0 Å². The Morgan fingerprint density at radius 3 is 2.74 bits per heavy atom. The lowest BCUT2D eigenvalue weighted by atomic mass is 10.1. The molecular weight excluding hydrogens is 298 g/mol. The number of hydrogen-bond acceptors (Lipinski definition) is 6. The van der Waals surface area contributed by atoms with Crippen LogP contribution in [0.25, 0.3) is 10.9 Å². The summed E-state index contributed by atoms with van der Waals surface area (Å²) in [4.78, 5) is 32.0. The highest BCUT2D eigenvalue weighted by molar-refractivity contribution is 6.11. The highest BCUT2D eigenvalue weighted by Crippen LogP contribution is 2.30. The molecule has 0 atom stereocenters. The molecular formula is C15H15N5O3. The number of amides is 2. The molecule has 0 spiro atoms. The van der Waals surface area contributed by atoms with Crippen LogP contribution in [-0.2, 0) is 11.3 Å². The van der Waals surface area contributed by atoms with E-state index in [1.54, 1.807) is 39.0 Å². The molecule has 0 bridgehead atoms. The fourth-order valence-corrected chi connectivity index (χ4v) is 2.15. The standard InChI is InChI=1S/C15H15N5O3/c1-15(2,3)23-14(22)16-7-10-17-9-6-4-5-8-11(9)12(18-10)19-20-13(8)21/h4-6H,7H2,1-3H3,(H,16,22). The Kier molecular flexibility index (Phi) is 3.51. The van der Waals surface area contributed by atoms with Crippen molar-refractivity contribution in [3.05, 3.63) is 29.6 Å². The number of carbonyl (C=O) groups is 2. The van der Waals surface area contributed by atoms with Crippen LogP contribution in [0.5, 0.6) is 0 Å². The van der Waals surface area contributed by atoms with Gasteiger partial charge in [-0.15, -0.1) is 10.2 Å². The normalized spacial score (nSPS) is 13.3. The maximum absolute atomic E-state index is 11.7. The monoisotopic (exact) mass is 313 g/mol. The Bertz CT molecular complexity index is 839. The number of aromatic nitrogens is 2. The van der Waals surface area contributed by atoms with Crippen LogP contribution in [0.15, 0.2) is 28.4 Å². The first-order valence-corrected chi connectivity index (χ1v) is 7.06. The van der Waals surface area contributed by atoms with Gasteiger partial charge in [0.15, 0.2) is 11.6 Å². The van der Waals surface area contributed by atoms with Crippen molar-refractivity contribution in [2.75, 3.05) is 0 Å². The summed E-state index contributed by atoms with van der Waals surface area (Å²) in [5, 5.41) is 10.5.